The lowest BCUT2D eigenvalue weighted by atomic mass is 9.77. The van der Waals surface area contributed by atoms with E-state index in [0.29, 0.717) is 55.6 Å². The number of rotatable bonds is 5. The molecule has 0 amide bonds. The summed E-state index contributed by atoms with van der Waals surface area (Å²) in [6.07, 6.45) is 6.19. The summed E-state index contributed by atoms with van der Waals surface area (Å²) in [4.78, 5) is 19.5. The van der Waals surface area contributed by atoms with E-state index in [4.69, 9.17) is 11.6 Å². The van der Waals surface area contributed by atoms with Crippen molar-refractivity contribution in [2.75, 3.05) is 29.9 Å². The second kappa shape index (κ2) is 8.11. The van der Waals surface area contributed by atoms with Crippen LogP contribution in [0.1, 0.15) is 49.5 Å². The van der Waals surface area contributed by atoms with E-state index in [9.17, 15) is 18.1 Å². The second-order valence-electron chi connectivity index (χ2n) is 8.67. The zero-order chi connectivity index (χ0) is 22.5. The highest BCUT2D eigenvalue weighted by molar-refractivity contribution is 7.86. The van der Waals surface area contributed by atoms with Gasteiger partial charge in [0.1, 0.15) is 27.3 Å². The van der Waals surface area contributed by atoms with E-state index < -0.39 is 28.0 Å². The van der Waals surface area contributed by atoms with E-state index in [2.05, 4.69) is 25.3 Å². The van der Waals surface area contributed by atoms with Gasteiger partial charge in [-0.25, -0.2) is 24.1 Å². The second-order valence-corrected chi connectivity index (χ2v) is 10.6. The Bertz CT molecular complexity index is 1040. The smallest absolute Gasteiger partial charge is 0.331 e. The molecule has 2 fully saturated rings. The fourth-order valence-electron chi connectivity index (χ4n) is 4.49. The standard InChI is InChI=1S/C20H23ClF2N6O2S/c21-13-9-24-18(25-10-13)29-6-2-12(3-7-29)16-26-14-8-20(22,23)32(31)15(14)17(27-16)28-19(11-30)4-1-5-19/h9-10,12,30H,1-8,11H2,(H,26,27,28)/t32-/m1/s1. The highest BCUT2D eigenvalue weighted by atomic mass is 35.5. The molecular formula is C20H23ClF2N6O2S. The summed E-state index contributed by atoms with van der Waals surface area (Å²) in [7, 11) is -2.52. The predicted molar refractivity (Wildman–Crippen MR) is 116 cm³/mol. The maximum absolute atomic E-state index is 14.3. The molecule has 0 bridgehead atoms. The predicted octanol–water partition coefficient (Wildman–Crippen LogP) is 2.89. The van der Waals surface area contributed by atoms with Crippen molar-refractivity contribution in [1.29, 1.82) is 0 Å². The lowest BCUT2D eigenvalue weighted by Crippen LogP contribution is -2.48. The maximum atomic E-state index is 14.3. The van der Waals surface area contributed by atoms with Gasteiger partial charge in [-0.1, -0.05) is 11.6 Å². The summed E-state index contributed by atoms with van der Waals surface area (Å²) in [5, 5.41) is 10.1. The molecule has 1 atom stereocenters. The van der Waals surface area contributed by atoms with E-state index in [1.807, 2.05) is 4.90 Å². The van der Waals surface area contributed by atoms with Crippen LogP contribution in [0.4, 0.5) is 20.5 Å². The fraction of sp³-hybridized carbons (Fsp3) is 0.600. The van der Waals surface area contributed by atoms with Crippen molar-refractivity contribution in [2.45, 2.75) is 60.1 Å². The number of fused-ring (bicyclic) bond motifs is 1. The minimum Gasteiger partial charge on any atom is -0.394 e. The van der Waals surface area contributed by atoms with Crippen LogP contribution >= 0.6 is 11.6 Å². The lowest BCUT2D eigenvalue weighted by molar-refractivity contribution is 0.104. The first-order valence-corrected chi connectivity index (χ1v) is 12.2. The molecule has 0 radical (unpaired) electrons. The molecule has 0 spiro atoms. The van der Waals surface area contributed by atoms with Crippen LogP contribution in [-0.2, 0) is 17.2 Å². The summed E-state index contributed by atoms with van der Waals surface area (Å²) in [5.74, 6) is 1.22. The number of aliphatic hydroxyl groups excluding tert-OH is 1. The Morgan fingerprint density at radius 2 is 1.91 bits per heavy atom. The molecule has 2 N–H and O–H groups in total. The van der Waals surface area contributed by atoms with Crippen LogP contribution in [-0.4, -0.2) is 59.7 Å². The third-order valence-electron chi connectivity index (χ3n) is 6.53. The molecular weight excluding hydrogens is 462 g/mol. The number of aromatic nitrogens is 4. The number of alkyl halides is 2. The monoisotopic (exact) mass is 484 g/mol. The Morgan fingerprint density at radius 3 is 2.50 bits per heavy atom. The van der Waals surface area contributed by atoms with Gasteiger partial charge in [0.15, 0.2) is 0 Å². The van der Waals surface area contributed by atoms with Crippen molar-refractivity contribution in [3.05, 3.63) is 28.9 Å². The van der Waals surface area contributed by atoms with Crippen molar-refractivity contribution in [3.63, 3.8) is 0 Å². The summed E-state index contributed by atoms with van der Waals surface area (Å²) in [5.41, 5.74) is -0.465. The quantitative estimate of drug-likeness (QED) is 0.667. The molecule has 32 heavy (non-hydrogen) atoms. The highest BCUT2D eigenvalue weighted by Gasteiger charge is 2.50. The minimum atomic E-state index is -3.37. The Morgan fingerprint density at radius 1 is 1.22 bits per heavy atom. The first kappa shape index (κ1) is 21.8. The van der Waals surface area contributed by atoms with Gasteiger partial charge in [-0.15, -0.1) is 0 Å². The van der Waals surface area contributed by atoms with E-state index in [1.54, 1.807) is 12.4 Å². The van der Waals surface area contributed by atoms with Crippen LogP contribution in [0.5, 0.6) is 0 Å². The molecule has 2 aromatic rings. The number of anilines is 2. The van der Waals surface area contributed by atoms with E-state index in [0.717, 1.165) is 6.42 Å². The van der Waals surface area contributed by atoms with Crippen LogP contribution in [0.3, 0.4) is 0 Å². The van der Waals surface area contributed by atoms with Gasteiger partial charge < -0.3 is 15.3 Å². The first-order valence-electron chi connectivity index (χ1n) is 10.6. The fourth-order valence-corrected chi connectivity index (χ4v) is 5.76. The number of hydrogen-bond donors (Lipinski definition) is 2. The van der Waals surface area contributed by atoms with E-state index in [-0.39, 0.29) is 28.9 Å². The third-order valence-corrected chi connectivity index (χ3v) is 8.21. The summed E-state index contributed by atoms with van der Waals surface area (Å²) in [6.45, 7) is 1.19. The molecule has 0 aromatic carbocycles. The van der Waals surface area contributed by atoms with Gasteiger partial charge in [-0.2, -0.15) is 8.78 Å². The number of aliphatic hydroxyl groups is 1. The molecule has 0 unspecified atom stereocenters. The lowest BCUT2D eigenvalue weighted by Gasteiger charge is -2.41. The van der Waals surface area contributed by atoms with E-state index in [1.165, 1.54) is 0 Å². The largest absolute Gasteiger partial charge is 0.394 e. The number of piperidine rings is 1. The zero-order valence-corrected chi connectivity index (χ0v) is 18.8. The van der Waals surface area contributed by atoms with Crippen LogP contribution in [0.15, 0.2) is 17.3 Å². The topological polar surface area (TPSA) is 104 Å². The van der Waals surface area contributed by atoms with Gasteiger partial charge in [0.05, 0.1) is 41.7 Å². The van der Waals surface area contributed by atoms with Crippen LogP contribution in [0.2, 0.25) is 5.02 Å². The minimum absolute atomic E-state index is 0.0227. The summed E-state index contributed by atoms with van der Waals surface area (Å²) >= 11 is 5.86. The Kier molecular flexibility index (Phi) is 5.53. The van der Waals surface area contributed by atoms with Crippen molar-refractivity contribution in [1.82, 2.24) is 19.9 Å². The maximum Gasteiger partial charge on any atom is 0.331 e. The number of halogens is 3. The van der Waals surface area contributed by atoms with Gasteiger partial charge in [0.25, 0.3) is 0 Å². The number of hydrogen-bond acceptors (Lipinski definition) is 8. The van der Waals surface area contributed by atoms with Gasteiger partial charge >= 0.3 is 5.25 Å². The number of nitrogens with zero attached hydrogens (tertiary/aromatic N) is 5. The SMILES string of the molecule is O=[S@@]1c2c(nc(C3CCN(c4ncc(Cl)cn4)CC3)nc2NC2(CO)CCC2)CC1(F)F. The Hall–Kier alpha value is -1.98. The van der Waals surface area contributed by atoms with Crippen molar-refractivity contribution in [2.24, 2.45) is 0 Å². The Balaban J connectivity index is 1.41. The van der Waals surface area contributed by atoms with Crippen LogP contribution < -0.4 is 10.2 Å². The Labute approximate surface area is 191 Å². The van der Waals surface area contributed by atoms with Crippen LogP contribution in [0.25, 0.3) is 0 Å². The van der Waals surface area contributed by atoms with Crippen molar-refractivity contribution >= 4 is 34.2 Å². The van der Waals surface area contributed by atoms with Crippen LogP contribution in [0, 0.1) is 0 Å². The van der Waals surface area contributed by atoms with Gasteiger partial charge in [-0.05, 0) is 32.1 Å². The molecule has 5 rings (SSSR count). The molecule has 4 heterocycles. The summed E-state index contributed by atoms with van der Waals surface area (Å²) < 4.78 is 41.1. The molecule has 2 aliphatic heterocycles. The van der Waals surface area contributed by atoms with Gasteiger partial charge in [-0.3, -0.25) is 0 Å². The highest BCUT2D eigenvalue weighted by Crippen LogP contribution is 2.44. The van der Waals surface area contributed by atoms with Gasteiger partial charge in [0.2, 0.25) is 5.95 Å². The third kappa shape index (κ3) is 3.84. The average molecular weight is 485 g/mol. The molecule has 1 saturated carbocycles. The molecule has 2 aromatic heterocycles. The summed E-state index contributed by atoms with van der Waals surface area (Å²) in [6, 6.07) is 0. The van der Waals surface area contributed by atoms with E-state index >= 15 is 0 Å². The van der Waals surface area contributed by atoms with Crippen molar-refractivity contribution in [3.8, 4) is 0 Å². The molecule has 1 aliphatic carbocycles. The molecule has 12 heteroatoms. The zero-order valence-electron chi connectivity index (χ0n) is 17.2. The average Bonchev–Trinajstić information content (AvgIpc) is 2.99. The molecule has 8 nitrogen and oxygen atoms in total. The first-order chi connectivity index (χ1) is 15.3. The van der Waals surface area contributed by atoms with Crippen molar-refractivity contribution < 1.29 is 18.1 Å². The molecule has 172 valence electrons. The van der Waals surface area contributed by atoms with Gasteiger partial charge in [0, 0.05) is 19.0 Å². The normalized spacial score (nSPS) is 24.1. The molecule has 3 aliphatic rings. The number of nitrogens with one attached hydrogen (secondary N) is 1. The molecule has 1 saturated heterocycles.